The van der Waals surface area contributed by atoms with Crippen LogP contribution in [0.5, 0.6) is 0 Å². The largest absolute Gasteiger partial charge is 0.399 e. The average Bonchev–Trinajstić information content (AvgIpc) is 2.49. The van der Waals surface area contributed by atoms with E-state index in [0.717, 1.165) is 35.9 Å². The Kier molecular flexibility index (Phi) is 5.23. The van der Waals surface area contributed by atoms with Crippen molar-refractivity contribution in [1.29, 1.82) is 0 Å². The first kappa shape index (κ1) is 15.8. The molecule has 1 amide bonds. The van der Waals surface area contributed by atoms with Crippen LogP contribution in [0.2, 0.25) is 0 Å². The minimum atomic E-state index is -0.0836. The summed E-state index contributed by atoms with van der Waals surface area (Å²) in [6.07, 6.45) is 3.66. The van der Waals surface area contributed by atoms with Gasteiger partial charge in [-0.05, 0) is 69.5 Å². The van der Waals surface area contributed by atoms with Crippen molar-refractivity contribution < 1.29 is 4.79 Å². The molecule has 4 heteroatoms. The maximum atomic E-state index is 12.4. The van der Waals surface area contributed by atoms with Gasteiger partial charge in [-0.1, -0.05) is 13.3 Å². The fourth-order valence-corrected chi connectivity index (χ4v) is 2.98. The number of carbonyl (C=O) groups excluding carboxylic acids is 1. The zero-order valence-electron chi connectivity index (χ0n) is 13.4. The predicted molar refractivity (Wildman–Crippen MR) is 88.3 cm³/mol. The summed E-state index contributed by atoms with van der Waals surface area (Å²) in [4.78, 5) is 14.7. The number of aryl methyl sites for hydroxylation is 1. The Labute approximate surface area is 127 Å². The Balaban J connectivity index is 1.93. The van der Waals surface area contributed by atoms with Crippen molar-refractivity contribution in [2.75, 3.05) is 24.1 Å². The highest BCUT2D eigenvalue weighted by molar-refractivity contribution is 5.95. The number of rotatable bonds is 4. The number of nitrogen functional groups attached to an aromatic ring is 1. The molecule has 1 aromatic carbocycles. The highest BCUT2D eigenvalue weighted by Gasteiger charge is 2.26. The highest BCUT2D eigenvalue weighted by atomic mass is 16.2. The van der Waals surface area contributed by atoms with E-state index >= 15 is 0 Å². The van der Waals surface area contributed by atoms with Gasteiger partial charge in [0.25, 0.3) is 0 Å². The lowest BCUT2D eigenvalue weighted by molar-refractivity contribution is -0.121. The molecule has 0 bridgehead atoms. The van der Waals surface area contributed by atoms with Gasteiger partial charge in [0.2, 0.25) is 5.91 Å². The molecular weight excluding hydrogens is 262 g/mol. The van der Waals surface area contributed by atoms with Crippen LogP contribution in [-0.2, 0) is 4.79 Å². The summed E-state index contributed by atoms with van der Waals surface area (Å²) in [5.74, 6) is 0.897. The molecule has 0 aromatic heterocycles. The van der Waals surface area contributed by atoms with Crippen LogP contribution >= 0.6 is 0 Å². The summed E-state index contributed by atoms with van der Waals surface area (Å²) < 4.78 is 0. The molecule has 0 saturated carbocycles. The van der Waals surface area contributed by atoms with E-state index in [2.05, 4.69) is 17.1 Å². The van der Waals surface area contributed by atoms with Gasteiger partial charge < -0.3 is 11.1 Å². The molecule has 1 heterocycles. The molecule has 1 unspecified atom stereocenters. The molecule has 0 spiro atoms. The van der Waals surface area contributed by atoms with Gasteiger partial charge >= 0.3 is 0 Å². The van der Waals surface area contributed by atoms with Crippen molar-refractivity contribution in [1.82, 2.24) is 4.90 Å². The number of hydrogen-bond acceptors (Lipinski definition) is 3. The maximum absolute atomic E-state index is 12.4. The van der Waals surface area contributed by atoms with E-state index < -0.39 is 0 Å². The van der Waals surface area contributed by atoms with Crippen molar-refractivity contribution in [3.05, 3.63) is 23.8 Å². The van der Waals surface area contributed by atoms with Gasteiger partial charge in [-0.15, -0.1) is 0 Å². The van der Waals surface area contributed by atoms with E-state index in [0.29, 0.717) is 0 Å². The summed E-state index contributed by atoms with van der Waals surface area (Å²) in [5.41, 5.74) is 8.31. The molecule has 3 N–H and O–H groups in total. The van der Waals surface area contributed by atoms with Gasteiger partial charge in [-0.3, -0.25) is 9.69 Å². The molecule has 4 nitrogen and oxygen atoms in total. The standard InChI is InChI=1S/C17H27N3O/c1-4-14-7-9-20(10-8-14)13(3)17(21)19-16-6-5-15(18)11-12(16)2/h5-6,11,13-14H,4,7-10,18H2,1-3H3,(H,19,21). The molecule has 1 fully saturated rings. The van der Waals surface area contributed by atoms with Gasteiger partial charge in [0, 0.05) is 11.4 Å². The van der Waals surface area contributed by atoms with Gasteiger partial charge in [0.05, 0.1) is 6.04 Å². The fraction of sp³-hybridized carbons (Fsp3) is 0.588. The van der Waals surface area contributed by atoms with Crippen LogP contribution in [0.25, 0.3) is 0 Å². The molecule has 1 saturated heterocycles. The smallest absolute Gasteiger partial charge is 0.241 e. The second-order valence-electron chi connectivity index (χ2n) is 6.13. The lowest BCUT2D eigenvalue weighted by Crippen LogP contribution is -2.46. The van der Waals surface area contributed by atoms with E-state index in [4.69, 9.17) is 5.73 Å². The Morgan fingerprint density at radius 3 is 2.67 bits per heavy atom. The number of likely N-dealkylation sites (tertiary alicyclic amines) is 1. The number of carbonyl (C=O) groups is 1. The van der Waals surface area contributed by atoms with Crippen LogP contribution < -0.4 is 11.1 Å². The third-order valence-corrected chi connectivity index (χ3v) is 4.66. The number of hydrogen-bond donors (Lipinski definition) is 2. The van der Waals surface area contributed by atoms with E-state index in [-0.39, 0.29) is 11.9 Å². The molecule has 1 aromatic rings. The zero-order chi connectivity index (χ0) is 15.4. The lowest BCUT2D eigenvalue weighted by atomic mass is 9.93. The first-order valence-electron chi connectivity index (χ1n) is 7.92. The van der Waals surface area contributed by atoms with Crippen LogP contribution in [0.1, 0.15) is 38.7 Å². The zero-order valence-corrected chi connectivity index (χ0v) is 13.4. The minimum absolute atomic E-state index is 0.0674. The summed E-state index contributed by atoms with van der Waals surface area (Å²) in [6, 6.07) is 5.49. The summed E-state index contributed by atoms with van der Waals surface area (Å²) in [5, 5.41) is 3.02. The molecule has 1 aliphatic rings. The van der Waals surface area contributed by atoms with Crippen LogP contribution in [0.15, 0.2) is 18.2 Å². The normalized spacial score (nSPS) is 18.4. The molecule has 116 valence electrons. The molecule has 1 aliphatic heterocycles. The number of benzene rings is 1. The predicted octanol–water partition coefficient (Wildman–Crippen LogP) is 3.03. The minimum Gasteiger partial charge on any atom is -0.399 e. The number of piperidine rings is 1. The molecule has 2 rings (SSSR count). The van der Waals surface area contributed by atoms with E-state index in [1.807, 2.05) is 32.0 Å². The number of anilines is 2. The van der Waals surface area contributed by atoms with Crippen molar-refractivity contribution in [3.8, 4) is 0 Å². The highest BCUT2D eigenvalue weighted by Crippen LogP contribution is 2.22. The van der Waals surface area contributed by atoms with Gasteiger partial charge in [0.15, 0.2) is 0 Å². The SMILES string of the molecule is CCC1CCN(C(C)C(=O)Nc2ccc(N)cc2C)CC1. The Morgan fingerprint density at radius 1 is 1.43 bits per heavy atom. The third-order valence-electron chi connectivity index (χ3n) is 4.66. The van der Waals surface area contributed by atoms with E-state index in [1.165, 1.54) is 19.3 Å². The van der Waals surface area contributed by atoms with Crippen LogP contribution in [-0.4, -0.2) is 29.9 Å². The molecule has 21 heavy (non-hydrogen) atoms. The Hall–Kier alpha value is -1.55. The van der Waals surface area contributed by atoms with Crippen molar-refractivity contribution >= 4 is 17.3 Å². The van der Waals surface area contributed by atoms with E-state index in [9.17, 15) is 4.79 Å². The number of nitrogens with two attached hydrogens (primary N) is 1. The Morgan fingerprint density at radius 2 is 2.10 bits per heavy atom. The molecule has 1 atom stereocenters. The molecule has 0 aliphatic carbocycles. The average molecular weight is 289 g/mol. The van der Waals surface area contributed by atoms with Crippen molar-refractivity contribution in [3.63, 3.8) is 0 Å². The number of nitrogens with one attached hydrogen (secondary N) is 1. The van der Waals surface area contributed by atoms with Crippen LogP contribution in [0, 0.1) is 12.8 Å². The van der Waals surface area contributed by atoms with Crippen LogP contribution in [0.3, 0.4) is 0 Å². The topological polar surface area (TPSA) is 58.4 Å². The summed E-state index contributed by atoms with van der Waals surface area (Å²) in [7, 11) is 0. The maximum Gasteiger partial charge on any atom is 0.241 e. The first-order chi connectivity index (χ1) is 10.0. The number of amides is 1. The third kappa shape index (κ3) is 3.97. The van der Waals surface area contributed by atoms with Crippen molar-refractivity contribution in [2.24, 2.45) is 5.92 Å². The fourth-order valence-electron chi connectivity index (χ4n) is 2.98. The summed E-state index contributed by atoms with van der Waals surface area (Å²) in [6.45, 7) is 8.25. The number of nitrogens with zero attached hydrogens (tertiary/aromatic N) is 1. The van der Waals surface area contributed by atoms with Crippen LogP contribution in [0.4, 0.5) is 11.4 Å². The first-order valence-corrected chi connectivity index (χ1v) is 7.92. The second kappa shape index (κ2) is 6.94. The lowest BCUT2D eigenvalue weighted by Gasteiger charge is -2.35. The van der Waals surface area contributed by atoms with Crippen molar-refractivity contribution in [2.45, 2.75) is 46.1 Å². The Bertz CT molecular complexity index is 493. The van der Waals surface area contributed by atoms with E-state index in [1.54, 1.807) is 0 Å². The monoisotopic (exact) mass is 289 g/mol. The van der Waals surface area contributed by atoms with Gasteiger partial charge in [-0.25, -0.2) is 0 Å². The molecular formula is C17H27N3O. The quantitative estimate of drug-likeness (QED) is 0.838. The van der Waals surface area contributed by atoms with Gasteiger partial charge in [-0.2, -0.15) is 0 Å². The van der Waals surface area contributed by atoms with Gasteiger partial charge in [0.1, 0.15) is 0 Å². The molecule has 0 radical (unpaired) electrons. The second-order valence-corrected chi connectivity index (χ2v) is 6.13. The summed E-state index contributed by atoms with van der Waals surface area (Å²) >= 11 is 0.